The SMILES string of the molecule is O=P([O-])([O-])[O-].[Na+].[Na+].[Na+].[O]=[Fe]. The van der Waals surface area contributed by atoms with Crippen molar-refractivity contribution in [3.8, 4) is 0 Å². The molecule has 5 nitrogen and oxygen atoms in total. The first-order chi connectivity index (χ1) is 3.00. The van der Waals surface area contributed by atoms with Crippen molar-refractivity contribution < 1.29 is 128 Å². The zero-order valence-corrected chi connectivity index (χ0v) is 13.8. The molecule has 0 fully saturated rings. The average molecular weight is 236 g/mol. The molecule has 0 saturated carbocycles. The third kappa shape index (κ3) is 106. The van der Waals surface area contributed by atoms with Crippen molar-refractivity contribution in [3.05, 3.63) is 0 Å². The Hall–Kier alpha value is 3.43. The minimum absolute atomic E-state index is 0. The predicted octanol–water partition coefficient (Wildman–Crippen LogP) is -11.9. The zero-order valence-electron chi connectivity index (χ0n) is 5.84. The van der Waals surface area contributed by atoms with E-state index in [9.17, 15) is 0 Å². The first kappa shape index (κ1) is 29.2. The number of hydrogen-bond donors (Lipinski definition) is 0. The van der Waals surface area contributed by atoms with Gasteiger partial charge in [0.05, 0.1) is 0 Å². The van der Waals surface area contributed by atoms with E-state index < -0.39 is 7.82 Å². The van der Waals surface area contributed by atoms with Crippen LogP contribution in [0.3, 0.4) is 0 Å². The molecular formula is FeNa3O5P. The van der Waals surface area contributed by atoms with Gasteiger partial charge in [0.1, 0.15) is 0 Å². The summed E-state index contributed by atoms with van der Waals surface area (Å²) in [7, 11) is -5.39. The van der Waals surface area contributed by atoms with Gasteiger partial charge in [-0.1, -0.05) is 0 Å². The molecule has 0 aromatic heterocycles. The summed E-state index contributed by atoms with van der Waals surface area (Å²) in [4.78, 5) is 25.6. The van der Waals surface area contributed by atoms with Gasteiger partial charge in [0.2, 0.25) is 0 Å². The van der Waals surface area contributed by atoms with Gasteiger partial charge in [0.15, 0.2) is 0 Å². The molecule has 0 bridgehead atoms. The second-order valence-corrected chi connectivity index (χ2v) is 1.34. The second kappa shape index (κ2) is 18.3. The van der Waals surface area contributed by atoms with Gasteiger partial charge in [-0.05, 0) is 0 Å². The van der Waals surface area contributed by atoms with Crippen LogP contribution in [0.4, 0.5) is 0 Å². The molecule has 0 aromatic carbocycles. The van der Waals surface area contributed by atoms with E-state index in [1.54, 1.807) is 0 Å². The fourth-order valence-electron chi connectivity index (χ4n) is 0. The fourth-order valence-corrected chi connectivity index (χ4v) is 0. The Bertz CT molecular complexity index is 72.7. The van der Waals surface area contributed by atoms with E-state index in [4.69, 9.17) is 23.1 Å². The van der Waals surface area contributed by atoms with Crippen LogP contribution < -0.4 is 103 Å². The van der Waals surface area contributed by atoms with Gasteiger partial charge in [0.25, 0.3) is 0 Å². The quantitative estimate of drug-likeness (QED) is 0.306. The third-order valence-corrected chi connectivity index (χ3v) is 0. The monoisotopic (exact) mass is 236 g/mol. The standard InChI is InChI=1S/Fe.3Na.H3O4P.O/c;;;;1-5(2,3)4;/h;;;;(H3,1,2,3,4);/q;3*+1;;/p-3. The molecule has 0 N–H and O–H groups in total. The molecule has 10 heavy (non-hydrogen) atoms. The van der Waals surface area contributed by atoms with Crippen molar-refractivity contribution in [3.63, 3.8) is 0 Å². The van der Waals surface area contributed by atoms with Crippen LogP contribution in [0.5, 0.6) is 0 Å². The topological polar surface area (TPSA) is 103 Å². The van der Waals surface area contributed by atoms with Crippen molar-refractivity contribution in [2.24, 2.45) is 0 Å². The summed E-state index contributed by atoms with van der Waals surface area (Å²) >= 11 is 2.00. The molecule has 10 heteroatoms. The van der Waals surface area contributed by atoms with Crippen molar-refractivity contribution in [1.82, 2.24) is 0 Å². The summed E-state index contributed by atoms with van der Waals surface area (Å²) in [5.41, 5.74) is 0. The van der Waals surface area contributed by atoms with Crippen LogP contribution in [0, 0.1) is 0 Å². The first-order valence-corrected chi connectivity index (χ1v) is 2.79. The molecule has 46 valence electrons. The van der Waals surface area contributed by atoms with Gasteiger partial charge < -0.3 is 19.2 Å². The molecule has 0 aliphatic carbocycles. The van der Waals surface area contributed by atoms with Crippen LogP contribution >= 0.6 is 7.82 Å². The van der Waals surface area contributed by atoms with Crippen LogP contribution in [-0.4, -0.2) is 0 Å². The average Bonchev–Trinajstić information content (AvgIpc) is 1.36. The van der Waals surface area contributed by atoms with E-state index in [0.29, 0.717) is 0 Å². The second-order valence-electron chi connectivity index (χ2n) is 0.447. The Kier molecular flexibility index (Phi) is 53.3. The number of hydrogen-bond acceptors (Lipinski definition) is 5. The summed E-state index contributed by atoms with van der Waals surface area (Å²) in [5.74, 6) is 0. The van der Waals surface area contributed by atoms with Crippen molar-refractivity contribution >= 4 is 7.82 Å². The Morgan fingerprint density at radius 1 is 0.900 bits per heavy atom. The van der Waals surface area contributed by atoms with Gasteiger partial charge in [-0.2, -0.15) is 7.82 Å². The van der Waals surface area contributed by atoms with Crippen LogP contribution in [0.25, 0.3) is 0 Å². The van der Waals surface area contributed by atoms with Crippen LogP contribution in [0.15, 0.2) is 0 Å². The molecule has 0 unspecified atom stereocenters. The summed E-state index contributed by atoms with van der Waals surface area (Å²) in [6.07, 6.45) is 0. The molecule has 0 radical (unpaired) electrons. The van der Waals surface area contributed by atoms with E-state index in [0.717, 1.165) is 0 Å². The summed E-state index contributed by atoms with van der Waals surface area (Å²) < 4.78 is 16.5. The van der Waals surface area contributed by atoms with Crippen LogP contribution in [0.1, 0.15) is 0 Å². The van der Waals surface area contributed by atoms with Crippen LogP contribution in [-0.2, 0) is 24.3 Å². The van der Waals surface area contributed by atoms with Crippen LogP contribution in [0.2, 0.25) is 0 Å². The summed E-state index contributed by atoms with van der Waals surface area (Å²) in [5, 5.41) is 0. The molecule has 0 amide bonds. The van der Waals surface area contributed by atoms with Crippen molar-refractivity contribution in [2.45, 2.75) is 0 Å². The summed E-state index contributed by atoms with van der Waals surface area (Å²) in [6, 6.07) is 0. The number of rotatable bonds is 0. The first-order valence-electron chi connectivity index (χ1n) is 0.875. The fraction of sp³-hybridized carbons (Fsp3) is 0. The molecule has 0 rings (SSSR count). The van der Waals surface area contributed by atoms with E-state index in [-0.39, 0.29) is 88.7 Å². The zero-order chi connectivity index (χ0) is 6.50. The molecular weight excluding hydrogens is 236 g/mol. The molecule has 0 atom stereocenters. The Balaban J connectivity index is -0.0000000154. The third-order valence-electron chi connectivity index (χ3n) is 0. The molecule has 0 aromatic rings. The van der Waals surface area contributed by atoms with Gasteiger partial charge in [-0.3, -0.25) is 0 Å². The summed E-state index contributed by atoms with van der Waals surface area (Å²) in [6.45, 7) is 0. The number of phosphoric acid groups is 1. The van der Waals surface area contributed by atoms with Crippen molar-refractivity contribution in [2.75, 3.05) is 0 Å². The normalized spacial score (nSPS) is 6.40. The van der Waals surface area contributed by atoms with Gasteiger partial charge in [-0.15, -0.1) is 0 Å². The molecule has 0 aliphatic heterocycles. The van der Waals surface area contributed by atoms with E-state index in [2.05, 4.69) is 0 Å². The van der Waals surface area contributed by atoms with Gasteiger partial charge >= 0.3 is 108 Å². The predicted molar refractivity (Wildman–Crippen MR) is 8.29 cm³/mol. The molecule has 0 saturated heterocycles. The Morgan fingerprint density at radius 2 is 0.900 bits per heavy atom. The molecule has 0 spiro atoms. The maximum absolute atomic E-state index is 8.55. The minimum atomic E-state index is -5.39. The maximum atomic E-state index is 8.55. The van der Waals surface area contributed by atoms with Crippen molar-refractivity contribution in [1.29, 1.82) is 0 Å². The Labute approximate surface area is 133 Å². The van der Waals surface area contributed by atoms with E-state index in [1.807, 2.05) is 15.9 Å². The Morgan fingerprint density at radius 3 is 0.900 bits per heavy atom. The van der Waals surface area contributed by atoms with Gasteiger partial charge in [0, 0.05) is 0 Å². The molecule has 0 heterocycles. The van der Waals surface area contributed by atoms with Gasteiger partial charge in [-0.25, -0.2) is 0 Å². The van der Waals surface area contributed by atoms with E-state index >= 15 is 0 Å². The molecule has 0 aliphatic rings. The van der Waals surface area contributed by atoms with E-state index in [1.165, 1.54) is 0 Å².